The van der Waals surface area contributed by atoms with Crippen LogP contribution in [-0.4, -0.2) is 54.8 Å². The number of nitrogens with zero attached hydrogens (tertiary/aromatic N) is 2. The molecule has 1 aliphatic carbocycles. The summed E-state index contributed by atoms with van der Waals surface area (Å²) in [5, 5.41) is 3.75. The van der Waals surface area contributed by atoms with Crippen molar-refractivity contribution >= 4 is 28.2 Å². The van der Waals surface area contributed by atoms with Gasteiger partial charge >= 0.3 is 0 Å². The van der Waals surface area contributed by atoms with Crippen molar-refractivity contribution in [1.82, 2.24) is 9.80 Å². The molecule has 0 atom stereocenters. The van der Waals surface area contributed by atoms with Gasteiger partial charge in [0.1, 0.15) is 5.00 Å². The summed E-state index contributed by atoms with van der Waals surface area (Å²) in [6.45, 7) is 5.24. The van der Waals surface area contributed by atoms with E-state index in [9.17, 15) is 9.59 Å². The number of piperazine rings is 1. The molecule has 1 saturated heterocycles. The average molecular weight is 384 g/mol. The Balaban J connectivity index is 1.62. The molecule has 4 rings (SSSR count). The zero-order chi connectivity index (χ0) is 19.0. The minimum Gasteiger partial charge on any atom is -0.336 e. The summed E-state index contributed by atoms with van der Waals surface area (Å²) >= 11 is 1.58. The van der Waals surface area contributed by atoms with E-state index >= 15 is 0 Å². The molecule has 0 saturated carbocycles. The Morgan fingerprint density at radius 3 is 2.63 bits per heavy atom. The highest BCUT2D eigenvalue weighted by Crippen LogP contribution is 2.40. The van der Waals surface area contributed by atoms with E-state index in [1.54, 1.807) is 11.3 Å². The van der Waals surface area contributed by atoms with Crippen molar-refractivity contribution in [2.24, 2.45) is 0 Å². The van der Waals surface area contributed by atoms with E-state index in [1.165, 1.54) is 4.88 Å². The lowest BCUT2D eigenvalue weighted by molar-refractivity contribution is 0.0664. The lowest BCUT2D eigenvalue weighted by atomic mass is 10.1. The lowest BCUT2D eigenvalue weighted by Gasteiger charge is -2.32. The number of nitrogens with one attached hydrogen (secondary N) is 1. The first-order valence-electron chi connectivity index (χ1n) is 9.53. The van der Waals surface area contributed by atoms with E-state index in [-0.39, 0.29) is 11.8 Å². The van der Waals surface area contributed by atoms with Crippen LogP contribution in [0.25, 0.3) is 0 Å². The number of benzene rings is 1. The van der Waals surface area contributed by atoms with Crippen LogP contribution in [0.2, 0.25) is 0 Å². The topological polar surface area (TPSA) is 52.7 Å². The van der Waals surface area contributed by atoms with Gasteiger partial charge in [0.05, 0.1) is 5.56 Å². The van der Waals surface area contributed by atoms with E-state index in [4.69, 9.17) is 0 Å². The number of hydrogen-bond acceptors (Lipinski definition) is 4. The maximum Gasteiger partial charge on any atom is 0.257 e. The molecule has 1 N–H and O–H groups in total. The monoisotopic (exact) mass is 383 g/mol. The van der Waals surface area contributed by atoms with Crippen molar-refractivity contribution in [3.05, 3.63) is 51.4 Å². The van der Waals surface area contributed by atoms with E-state index in [2.05, 4.69) is 17.3 Å². The third kappa shape index (κ3) is 3.64. The number of thiophene rings is 1. The van der Waals surface area contributed by atoms with Gasteiger partial charge in [0.25, 0.3) is 11.8 Å². The molecule has 2 aromatic rings. The zero-order valence-electron chi connectivity index (χ0n) is 15.9. The third-order valence-electron chi connectivity index (χ3n) is 5.43. The highest BCUT2D eigenvalue weighted by atomic mass is 32.1. The van der Waals surface area contributed by atoms with Crippen molar-refractivity contribution in [2.75, 3.05) is 38.5 Å². The number of carbonyl (C=O) groups is 2. The fourth-order valence-corrected chi connectivity index (χ4v) is 5.12. The molecule has 5 nitrogen and oxygen atoms in total. The third-order valence-corrected chi connectivity index (χ3v) is 6.64. The largest absolute Gasteiger partial charge is 0.336 e. The molecule has 0 radical (unpaired) electrons. The van der Waals surface area contributed by atoms with Crippen molar-refractivity contribution in [3.63, 3.8) is 0 Å². The molecule has 1 aromatic heterocycles. The van der Waals surface area contributed by atoms with Gasteiger partial charge in [-0.2, -0.15) is 0 Å². The summed E-state index contributed by atoms with van der Waals surface area (Å²) in [6, 6.07) is 7.54. The highest BCUT2D eigenvalue weighted by Gasteiger charge is 2.31. The Morgan fingerprint density at radius 1 is 1.11 bits per heavy atom. The molecule has 1 fully saturated rings. The Labute approximate surface area is 164 Å². The Morgan fingerprint density at radius 2 is 1.89 bits per heavy atom. The predicted molar refractivity (Wildman–Crippen MR) is 109 cm³/mol. The van der Waals surface area contributed by atoms with Gasteiger partial charge in [-0.1, -0.05) is 17.7 Å². The van der Waals surface area contributed by atoms with Gasteiger partial charge in [-0.15, -0.1) is 11.3 Å². The van der Waals surface area contributed by atoms with Crippen LogP contribution >= 0.6 is 11.3 Å². The van der Waals surface area contributed by atoms with Crippen LogP contribution in [0.15, 0.2) is 24.3 Å². The van der Waals surface area contributed by atoms with Gasteiger partial charge in [0.15, 0.2) is 0 Å². The lowest BCUT2D eigenvalue weighted by Crippen LogP contribution is -2.47. The minimum atomic E-state index is -0.147. The van der Waals surface area contributed by atoms with Gasteiger partial charge in [-0.25, -0.2) is 0 Å². The number of amides is 2. The van der Waals surface area contributed by atoms with Crippen LogP contribution in [0.5, 0.6) is 0 Å². The van der Waals surface area contributed by atoms with Crippen LogP contribution in [-0.2, 0) is 12.8 Å². The Bertz CT molecular complexity index is 882. The van der Waals surface area contributed by atoms with Gasteiger partial charge in [-0.3, -0.25) is 9.59 Å². The molecule has 1 aliphatic heterocycles. The SMILES string of the molecule is Cc1cccc(C(=O)Nc2sc3c(c2C(=O)N2CCN(C)CC2)CCC3)c1. The summed E-state index contributed by atoms with van der Waals surface area (Å²) in [7, 11) is 2.08. The van der Waals surface area contributed by atoms with Crippen LogP contribution in [0.3, 0.4) is 0 Å². The summed E-state index contributed by atoms with van der Waals surface area (Å²) in [5.41, 5.74) is 3.56. The number of rotatable bonds is 3. The second-order valence-electron chi connectivity index (χ2n) is 7.48. The molecular weight excluding hydrogens is 358 g/mol. The number of hydrogen-bond donors (Lipinski definition) is 1. The van der Waals surface area contributed by atoms with Crippen molar-refractivity contribution in [1.29, 1.82) is 0 Å². The smallest absolute Gasteiger partial charge is 0.257 e. The van der Waals surface area contributed by atoms with Gasteiger partial charge < -0.3 is 15.1 Å². The minimum absolute atomic E-state index is 0.0713. The van der Waals surface area contributed by atoms with E-state index < -0.39 is 0 Å². The number of fused-ring (bicyclic) bond motifs is 1. The predicted octanol–water partition coefficient (Wildman–Crippen LogP) is 3.19. The molecule has 0 spiro atoms. The maximum atomic E-state index is 13.3. The van der Waals surface area contributed by atoms with Crippen LogP contribution < -0.4 is 5.32 Å². The Hall–Kier alpha value is -2.18. The summed E-state index contributed by atoms with van der Waals surface area (Å²) in [5.74, 6) is -0.0758. The van der Waals surface area contributed by atoms with E-state index in [0.29, 0.717) is 5.56 Å². The number of carbonyl (C=O) groups excluding carboxylic acids is 2. The maximum absolute atomic E-state index is 13.3. The summed E-state index contributed by atoms with van der Waals surface area (Å²) < 4.78 is 0. The number of aryl methyl sites for hydroxylation is 2. The number of likely N-dealkylation sites (N-methyl/N-ethyl adjacent to an activating group) is 1. The molecule has 2 heterocycles. The molecule has 6 heteroatoms. The number of anilines is 1. The van der Waals surface area contributed by atoms with Gasteiger partial charge in [-0.05, 0) is 50.9 Å². The van der Waals surface area contributed by atoms with Gasteiger partial charge in [0, 0.05) is 36.6 Å². The van der Waals surface area contributed by atoms with Crippen LogP contribution in [0.1, 0.15) is 43.1 Å². The molecule has 27 heavy (non-hydrogen) atoms. The first-order valence-corrected chi connectivity index (χ1v) is 10.3. The first-order chi connectivity index (χ1) is 13.0. The molecular formula is C21H25N3O2S. The second kappa shape index (κ2) is 7.44. The average Bonchev–Trinajstić information content (AvgIpc) is 3.22. The van der Waals surface area contributed by atoms with Gasteiger partial charge in [0.2, 0.25) is 0 Å². The van der Waals surface area contributed by atoms with Crippen LogP contribution in [0, 0.1) is 6.92 Å². The molecule has 2 amide bonds. The first kappa shape index (κ1) is 18.2. The molecule has 142 valence electrons. The van der Waals surface area contributed by atoms with Crippen molar-refractivity contribution < 1.29 is 9.59 Å². The normalized spacial score (nSPS) is 17.0. The fraction of sp³-hybridized carbons (Fsp3) is 0.429. The zero-order valence-corrected chi connectivity index (χ0v) is 16.7. The van der Waals surface area contributed by atoms with Crippen molar-refractivity contribution in [2.45, 2.75) is 26.2 Å². The summed E-state index contributed by atoms with van der Waals surface area (Å²) in [4.78, 5) is 31.5. The molecule has 0 bridgehead atoms. The molecule has 0 unspecified atom stereocenters. The highest BCUT2D eigenvalue weighted by molar-refractivity contribution is 7.17. The summed E-state index contributed by atoms with van der Waals surface area (Å²) in [6.07, 6.45) is 3.03. The van der Waals surface area contributed by atoms with Crippen molar-refractivity contribution in [3.8, 4) is 0 Å². The molecule has 2 aliphatic rings. The van der Waals surface area contributed by atoms with E-state index in [1.807, 2.05) is 36.1 Å². The van der Waals surface area contributed by atoms with E-state index in [0.717, 1.165) is 67.1 Å². The standard InChI is InChI=1S/C21H25N3O2S/c1-14-5-3-6-15(13-14)19(25)22-20-18(16-7-4-8-17(16)27-20)21(26)24-11-9-23(2)10-12-24/h3,5-6,13H,4,7-12H2,1-2H3,(H,22,25). The second-order valence-corrected chi connectivity index (χ2v) is 8.59. The quantitative estimate of drug-likeness (QED) is 0.886. The fourth-order valence-electron chi connectivity index (χ4n) is 3.85. The Kier molecular flexibility index (Phi) is 5.02. The molecule has 1 aromatic carbocycles. The van der Waals surface area contributed by atoms with Crippen LogP contribution in [0.4, 0.5) is 5.00 Å².